The average molecular weight is 225 g/mol. The van der Waals surface area contributed by atoms with Crippen LogP contribution in [0.3, 0.4) is 0 Å². The van der Waals surface area contributed by atoms with Gasteiger partial charge in [0, 0.05) is 10.6 Å². The highest BCUT2D eigenvalue weighted by molar-refractivity contribution is 6.30. The third-order valence-electron chi connectivity index (χ3n) is 3.76. The van der Waals surface area contributed by atoms with Gasteiger partial charge >= 0.3 is 0 Å². The molecule has 0 aromatic heterocycles. The zero-order valence-corrected chi connectivity index (χ0v) is 9.50. The van der Waals surface area contributed by atoms with E-state index < -0.39 is 0 Å². The number of rotatable bonds is 2. The van der Waals surface area contributed by atoms with Crippen molar-refractivity contribution in [1.82, 2.24) is 0 Å². The summed E-state index contributed by atoms with van der Waals surface area (Å²) in [6.07, 6.45) is 1.41. The highest BCUT2D eigenvalue weighted by Crippen LogP contribution is 2.10. The number of piperazine rings is 1. The summed E-state index contributed by atoms with van der Waals surface area (Å²) in [5.74, 6) is 0. The second-order valence-corrected chi connectivity index (χ2v) is 5.27. The molecule has 2 bridgehead atoms. The third-order valence-corrected chi connectivity index (χ3v) is 4.00. The van der Waals surface area contributed by atoms with E-state index >= 15 is 0 Å². The summed E-state index contributed by atoms with van der Waals surface area (Å²) in [6, 6.07) is 10.1. The van der Waals surface area contributed by atoms with Gasteiger partial charge in [0.1, 0.15) is 31.7 Å². The summed E-state index contributed by atoms with van der Waals surface area (Å²) in [6.45, 7) is 3.80. The molecule has 2 fully saturated rings. The summed E-state index contributed by atoms with van der Waals surface area (Å²) in [5, 5.41) is 3.37. The highest BCUT2D eigenvalue weighted by Gasteiger charge is 2.45. The Kier molecular flexibility index (Phi) is 2.43. The first-order chi connectivity index (χ1) is 7.31. The second-order valence-electron chi connectivity index (χ2n) is 4.83. The average Bonchev–Trinajstić information content (AvgIpc) is 2.79. The molecule has 3 atom stereocenters. The van der Waals surface area contributed by atoms with Gasteiger partial charge in [0.25, 0.3) is 0 Å². The lowest BCUT2D eigenvalue weighted by molar-refractivity contribution is -0.963. The van der Waals surface area contributed by atoms with E-state index in [1.54, 1.807) is 4.90 Å². The van der Waals surface area contributed by atoms with E-state index in [1.807, 2.05) is 6.07 Å². The molecule has 2 heterocycles. The van der Waals surface area contributed by atoms with Gasteiger partial charge in [-0.3, -0.25) is 0 Å². The molecular weight excluding hydrogens is 208 g/mol. The molecule has 3 heteroatoms. The maximum absolute atomic E-state index is 5.99. The smallest absolute Gasteiger partial charge is 0.143 e. The van der Waals surface area contributed by atoms with E-state index in [-0.39, 0.29) is 0 Å². The fourth-order valence-corrected chi connectivity index (χ4v) is 3.26. The fourth-order valence-electron chi connectivity index (χ4n) is 3.04. The Hall–Kier alpha value is -0.570. The molecule has 0 amide bonds. The quantitative estimate of drug-likeness (QED) is 0.673. The van der Waals surface area contributed by atoms with Crippen molar-refractivity contribution in [1.29, 1.82) is 0 Å². The molecule has 0 aliphatic carbocycles. The van der Waals surface area contributed by atoms with Gasteiger partial charge in [0.2, 0.25) is 0 Å². The molecule has 2 saturated heterocycles. The third kappa shape index (κ3) is 1.89. The summed E-state index contributed by atoms with van der Waals surface area (Å²) in [5.41, 5.74) is 1.38. The molecule has 2 aliphatic heterocycles. The SMILES string of the molecule is Clc1cccc(C[NH+]2C[C@H]3C[C@@H]2C[NH2+]3)c1. The van der Waals surface area contributed by atoms with Crippen molar-refractivity contribution in [2.24, 2.45) is 0 Å². The normalized spacial score (nSPS) is 33.5. The zero-order valence-electron chi connectivity index (χ0n) is 8.75. The molecule has 2 nitrogen and oxygen atoms in total. The minimum Gasteiger partial charge on any atom is -0.334 e. The van der Waals surface area contributed by atoms with Crippen molar-refractivity contribution in [2.75, 3.05) is 13.1 Å². The molecule has 80 valence electrons. The largest absolute Gasteiger partial charge is 0.334 e. The van der Waals surface area contributed by atoms with Gasteiger partial charge in [0.05, 0.1) is 6.42 Å². The number of halogens is 1. The van der Waals surface area contributed by atoms with Crippen LogP contribution in [0.4, 0.5) is 0 Å². The Labute approximate surface area is 95.2 Å². The first-order valence-corrected chi connectivity index (χ1v) is 6.11. The van der Waals surface area contributed by atoms with Crippen LogP contribution in [0.2, 0.25) is 5.02 Å². The Morgan fingerprint density at radius 1 is 1.47 bits per heavy atom. The number of likely N-dealkylation sites (tertiary alicyclic amines) is 1. The molecule has 1 unspecified atom stereocenters. The van der Waals surface area contributed by atoms with Gasteiger partial charge in [-0.2, -0.15) is 0 Å². The summed E-state index contributed by atoms with van der Waals surface area (Å²) < 4.78 is 0. The lowest BCUT2D eigenvalue weighted by Crippen LogP contribution is -3.19. The van der Waals surface area contributed by atoms with Crippen LogP contribution in [0.5, 0.6) is 0 Å². The van der Waals surface area contributed by atoms with Crippen molar-refractivity contribution in [2.45, 2.75) is 25.0 Å². The zero-order chi connectivity index (χ0) is 10.3. The van der Waals surface area contributed by atoms with Crippen LogP contribution in [0.25, 0.3) is 0 Å². The fraction of sp³-hybridized carbons (Fsp3) is 0.500. The highest BCUT2D eigenvalue weighted by atomic mass is 35.5. The van der Waals surface area contributed by atoms with Crippen LogP contribution >= 0.6 is 11.6 Å². The van der Waals surface area contributed by atoms with E-state index in [9.17, 15) is 0 Å². The maximum Gasteiger partial charge on any atom is 0.143 e. The lowest BCUT2D eigenvalue weighted by Gasteiger charge is -2.22. The second kappa shape index (κ2) is 3.78. The van der Waals surface area contributed by atoms with Gasteiger partial charge in [-0.15, -0.1) is 0 Å². The Morgan fingerprint density at radius 3 is 3.07 bits per heavy atom. The molecular formula is C12H17ClN2+2. The lowest BCUT2D eigenvalue weighted by atomic mass is 10.2. The molecule has 2 aliphatic rings. The predicted molar refractivity (Wildman–Crippen MR) is 60.0 cm³/mol. The van der Waals surface area contributed by atoms with E-state index in [4.69, 9.17) is 11.6 Å². The number of quaternary nitrogens is 2. The van der Waals surface area contributed by atoms with Crippen LogP contribution < -0.4 is 10.2 Å². The topological polar surface area (TPSA) is 21.1 Å². The van der Waals surface area contributed by atoms with Crippen LogP contribution in [-0.4, -0.2) is 25.2 Å². The monoisotopic (exact) mass is 224 g/mol. The number of nitrogens with one attached hydrogen (secondary N) is 1. The number of nitrogens with two attached hydrogens (primary N) is 1. The van der Waals surface area contributed by atoms with Gasteiger partial charge in [-0.1, -0.05) is 23.7 Å². The van der Waals surface area contributed by atoms with E-state index in [1.165, 1.54) is 25.1 Å². The molecule has 1 aromatic rings. The number of fused-ring (bicyclic) bond motifs is 2. The standard InChI is InChI=1S/C12H15ClN2/c13-10-3-1-2-9(4-10)7-15-8-11-5-12(15)6-14-11/h1-4,11-12,14H,5-8H2/p+2/t11-,12-/m1/s1. The molecule has 3 N–H and O–H groups in total. The summed E-state index contributed by atoms with van der Waals surface area (Å²) in [4.78, 5) is 1.75. The summed E-state index contributed by atoms with van der Waals surface area (Å²) in [7, 11) is 0. The van der Waals surface area contributed by atoms with Crippen molar-refractivity contribution in [3.8, 4) is 0 Å². The molecule has 0 spiro atoms. The van der Waals surface area contributed by atoms with E-state index in [2.05, 4.69) is 23.5 Å². The molecule has 15 heavy (non-hydrogen) atoms. The van der Waals surface area contributed by atoms with Crippen molar-refractivity contribution >= 4 is 11.6 Å². The van der Waals surface area contributed by atoms with Crippen LogP contribution in [-0.2, 0) is 6.54 Å². The van der Waals surface area contributed by atoms with Gasteiger partial charge < -0.3 is 10.2 Å². The number of hydrogen-bond donors (Lipinski definition) is 2. The van der Waals surface area contributed by atoms with Gasteiger partial charge in [0.15, 0.2) is 0 Å². The van der Waals surface area contributed by atoms with Crippen LogP contribution in [0.1, 0.15) is 12.0 Å². The first kappa shape index (κ1) is 9.64. The van der Waals surface area contributed by atoms with Crippen LogP contribution in [0.15, 0.2) is 24.3 Å². The minimum atomic E-state index is 0.864. The number of hydrogen-bond acceptors (Lipinski definition) is 0. The Balaban J connectivity index is 1.71. The molecule has 1 aromatic carbocycles. The predicted octanol–water partition coefficient (Wildman–Crippen LogP) is -0.557. The van der Waals surface area contributed by atoms with Crippen LogP contribution in [0, 0.1) is 0 Å². The summed E-state index contributed by atoms with van der Waals surface area (Å²) >= 11 is 5.99. The Morgan fingerprint density at radius 2 is 2.40 bits per heavy atom. The van der Waals surface area contributed by atoms with Gasteiger partial charge in [-0.25, -0.2) is 0 Å². The van der Waals surface area contributed by atoms with Crippen molar-refractivity contribution in [3.63, 3.8) is 0 Å². The van der Waals surface area contributed by atoms with Gasteiger partial charge in [-0.05, 0) is 12.1 Å². The maximum atomic E-state index is 5.99. The minimum absolute atomic E-state index is 0.864. The molecule has 0 saturated carbocycles. The van der Waals surface area contributed by atoms with E-state index in [0.29, 0.717) is 0 Å². The van der Waals surface area contributed by atoms with Crippen molar-refractivity contribution < 1.29 is 10.2 Å². The molecule has 0 radical (unpaired) electrons. The van der Waals surface area contributed by atoms with Crippen molar-refractivity contribution in [3.05, 3.63) is 34.9 Å². The number of benzene rings is 1. The molecule has 3 rings (SSSR count). The Bertz CT molecular complexity index is 366. The van der Waals surface area contributed by atoms with E-state index in [0.717, 1.165) is 23.7 Å². The first-order valence-electron chi connectivity index (χ1n) is 5.73.